The van der Waals surface area contributed by atoms with Gasteiger partial charge in [0.25, 0.3) is 11.8 Å². The van der Waals surface area contributed by atoms with Crippen LogP contribution >= 0.6 is 0 Å². The molecule has 1 aromatic heterocycles. The summed E-state index contributed by atoms with van der Waals surface area (Å²) in [6.45, 7) is 8.93. The van der Waals surface area contributed by atoms with Gasteiger partial charge in [0, 0.05) is 55.5 Å². The van der Waals surface area contributed by atoms with Gasteiger partial charge in [-0.25, -0.2) is 4.68 Å². The minimum Gasteiger partial charge on any atom is -0.457 e. The summed E-state index contributed by atoms with van der Waals surface area (Å²) in [5, 5.41) is 11.0. The minimum atomic E-state index is -0.586. The fraction of sp³-hybridized carbons (Fsp3) is 0.490. The number of hydrogen-bond donors (Lipinski definition) is 3. The zero-order valence-corrected chi connectivity index (χ0v) is 36.1. The molecule has 0 aliphatic carbocycles. The van der Waals surface area contributed by atoms with Gasteiger partial charge in [-0.15, -0.1) is 0 Å². The summed E-state index contributed by atoms with van der Waals surface area (Å²) in [6.07, 6.45) is 9.89. The van der Waals surface area contributed by atoms with Crippen molar-refractivity contribution in [2.24, 2.45) is 17.6 Å². The number of benzene rings is 3. The summed E-state index contributed by atoms with van der Waals surface area (Å²) in [5.41, 5.74) is 10.7. The maximum absolute atomic E-state index is 13.2. The summed E-state index contributed by atoms with van der Waals surface area (Å²) in [6, 6.07) is 23.8. The maximum atomic E-state index is 13.2. The second-order valence-electron chi connectivity index (χ2n) is 18.5. The Balaban J connectivity index is 0.673. The highest BCUT2D eigenvalue weighted by Gasteiger charge is 2.40. The number of rotatable bonds is 11. The Hall–Kier alpha value is -5.73. The second-order valence-corrected chi connectivity index (χ2v) is 18.5. The normalized spacial score (nSPS) is 23.0. The van der Waals surface area contributed by atoms with Crippen LogP contribution in [0.25, 0.3) is 11.3 Å². The Labute approximate surface area is 369 Å². The first kappa shape index (κ1) is 41.3. The van der Waals surface area contributed by atoms with Crippen molar-refractivity contribution in [1.82, 2.24) is 29.8 Å². The third kappa shape index (κ3) is 8.54. The SMILES string of the molecule is NC(=O)c1c(-c2ccc(Oc3ccccc3)cc2)nn2c1NCC[C@H]2C1CCN(C2CCN(CCC3CCN(c4ccc5c(c4)CN(C4CCC(=O)NC4=O)C5=O)CC3)CC2)CC1. The van der Waals surface area contributed by atoms with E-state index in [4.69, 9.17) is 15.6 Å². The van der Waals surface area contributed by atoms with Crippen LogP contribution in [0.3, 0.4) is 0 Å². The molecule has 4 fully saturated rings. The first-order valence-electron chi connectivity index (χ1n) is 23.2. The number of ether oxygens (including phenoxy) is 1. The largest absolute Gasteiger partial charge is 0.457 e. The molecule has 4 saturated heterocycles. The Bertz CT molecular complexity index is 2330. The molecule has 0 saturated carbocycles. The van der Waals surface area contributed by atoms with Crippen molar-refractivity contribution in [3.8, 4) is 22.8 Å². The van der Waals surface area contributed by atoms with E-state index in [9.17, 15) is 19.2 Å². The van der Waals surface area contributed by atoms with E-state index < -0.39 is 11.9 Å². The van der Waals surface area contributed by atoms with Gasteiger partial charge in [-0.1, -0.05) is 18.2 Å². The van der Waals surface area contributed by atoms with Crippen molar-refractivity contribution >= 4 is 35.1 Å². The van der Waals surface area contributed by atoms with E-state index in [2.05, 4.69) is 42.1 Å². The third-order valence-electron chi connectivity index (χ3n) is 14.8. The van der Waals surface area contributed by atoms with Gasteiger partial charge in [0.1, 0.15) is 34.6 Å². The third-order valence-corrected chi connectivity index (χ3v) is 14.8. The molecule has 6 aliphatic heterocycles. The maximum Gasteiger partial charge on any atom is 0.255 e. The highest BCUT2D eigenvalue weighted by molar-refractivity contribution is 6.06. The lowest BCUT2D eigenvalue weighted by Crippen LogP contribution is -2.52. The molecule has 4 N–H and O–H groups in total. The number of amides is 4. The van der Waals surface area contributed by atoms with Crippen LogP contribution in [0.2, 0.25) is 0 Å². The van der Waals surface area contributed by atoms with Crippen molar-refractivity contribution in [3.63, 3.8) is 0 Å². The lowest BCUT2D eigenvalue weighted by molar-refractivity contribution is -0.136. The highest BCUT2D eigenvalue weighted by atomic mass is 16.5. The standard InChI is InChI=1S/C49H59N9O5/c50-46(60)44-45(34-6-9-39(10-7-34)63-38-4-2-1-3-5-38)53-58-41(14-22-51-47(44)58)33-18-28-55(29-19-33)36-20-24-54(25-21-36)23-15-32-16-26-56(27-17-32)37-8-11-40-35(30-37)31-57(49(40)62)42-12-13-43(59)52-48(42)61/h1-11,30,32-33,36,41-42,51H,12-29,31H2,(H2,50,60)(H,52,59,61)/t41-,42?/m0/s1. The van der Waals surface area contributed by atoms with Gasteiger partial charge in [0.05, 0.1) is 6.04 Å². The van der Waals surface area contributed by atoms with E-state index in [0.717, 1.165) is 105 Å². The average Bonchev–Trinajstić information content (AvgIpc) is 3.87. The number of anilines is 2. The van der Waals surface area contributed by atoms with Crippen LogP contribution in [0.1, 0.15) is 96.5 Å². The number of aromatic nitrogens is 2. The van der Waals surface area contributed by atoms with Crippen LogP contribution in [0.5, 0.6) is 11.5 Å². The molecule has 0 radical (unpaired) electrons. The van der Waals surface area contributed by atoms with Crippen LogP contribution in [-0.4, -0.2) is 113 Å². The number of carbonyl (C=O) groups is 4. The molecule has 4 amide bonds. The zero-order valence-electron chi connectivity index (χ0n) is 36.1. The van der Waals surface area contributed by atoms with Crippen molar-refractivity contribution in [3.05, 3.63) is 89.5 Å². The molecule has 10 rings (SSSR count). The van der Waals surface area contributed by atoms with Crippen molar-refractivity contribution in [1.29, 1.82) is 0 Å². The molecule has 14 heteroatoms. The molecule has 63 heavy (non-hydrogen) atoms. The number of nitrogens with one attached hydrogen (secondary N) is 2. The number of piperidine rings is 4. The van der Waals surface area contributed by atoms with Crippen molar-refractivity contribution in [2.75, 3.05) is 62.6 Å². The van der Waals surface area contributed by atoms with Gasteiger partial charge >= 0.3 is 0 Å². The second kappa shape index (κ2) is 17.8. The fourth-order valence-electron chi connectivity index (χ4n) is 11.3. The summed E-state index contributed by atoms with van der Waals surface area (Å²) in [7, 11) is 0. The predicted molar refractivity (Wildman–Crippen MR) is 241 cm³/mol. The molecule has 0 spiro atoms. The van der Waals surface area contributed by atoms with E-state index in [1.165, 1.54) is 38.6 Å². The molecule has 6 aliphatic rings. The van der Waals surface area contributed by atoms with Crippen molar-refractivity contribution < 1.29 is 23.9 Å². The fourth-order valence-corrected chi connectivity index (χ4v) is 11.3. The van der Waals surface area contributed by atoms with Gasteiger partial charge in [-0.05, 0) is 163 Å². The summed E-state index contributed by atoms with van der Waals surface area (Å²) in [5.74, 6) is 2.22. The lowest BCUT2D eigenvalue weighted by Gasteiger charge is -2.44. The molecule has 3 aromatic carbocycles. The molecule has 14 nitrogen and oxygen atoms in total. The number of nitrogens with two attached hydrogens (primary N) is 1. The van der Waals surface area contributed by atoms with Gasteiger partial charge in [0.15, 0.2) is 0 Å². The van der Waals surface area contributed by atoms with Gasteiger partial charge < -0.3 is 35.4 Å². The molecule has 2 atom stereocenters. The lowest BCUT2D eigenvalue weighted by atomic mass is 9.85. The first-order chi connectivity index (χ1) is 30.8. The Morgan fingerprint density at radius 1 is 0.810 bits per heavy atom. The van der Waals surface area contributed by atoms with Crippen LogP contribution in [0.4, 0.5) is 11.5 Å². The van der Waals surface area contributed by atoms with Gasteiger partial charge in [-0.3, -0.25) is 24.5 Å². The summed E-state index contributed by atoms with van der Waals surface area (Å²) >= 11 is 0. The van der Waals surface area contributed by atoms with E-state index >= 15 is 0 Å². The first-order valence-corrected chi connectivity index (χ1v) is 23.2. The van der Waals surface area contributed by atoms with Gasteiger partial charge in [-0.2, -0.15) is 5.10 Å². The predicted octanol–water partition coefficient (Wildman–Crippen LogP) is 6.04. The quantitative estimate of drug-likeness (QED) is 0.152. The molecular formula is C49H59N9O5. The Morgan fingerprint density at radius 3 is 2.29 bits per heavy atom. The van der Waals surface area contributed by atoms with E-state index in [1.807, 2.05) is 60.7 Å². The highest BCUT2D eigenvalue weighted by Crippen LogP contribution is 2.41. The molecule has 0 bridgehead atoms. The van der Waals surface area contributed by atoms with Crippen molar-refractivity contribution in [2.45, 2.75) is 88.9 Å². The Kier molecular flexibility index (Phi) is 11.7. The van der Waals surface area contributed by atoms with Crippen LogP contribution < -0.4 is 26.0 Å². The number of carbonyl (C=O) groups excluding carboxylic acids is 4. The monoisotopic (exact) mass is 853 g/mol. The minimum absolute atomic E-state index is 0.119. The Morgan fingerprint density at radius 2 is 1.56 bits per heavy atom. The van der Waals surface area contributed by atoms with Crippen LogP contribution in [-0.2, 0) is 16.1 Å². The number of fused-ring (bicyclic) bond motifs is 2. The summed E-state index contributed by atoms with van der Waals surface area (Å²) < 4.78 is 8.08. The van der Waals surface area contributed by atoms with Crippen LogP contribution in [0, 0.1) is 11.8 Å². The van der Waals surface area contributed by atoms with Crippen LogP contribution in [0.15, 0.2) is 72.8 Å². The molecule has 4 aromatic rings. The molecule has 1 unspecified atom stereocenters. The van der Waals surface area contributed by atoms with E-state index in [0.29, 0.717) is 41.7 Å². The number of primary amides is 1. The number of hydrogen-bond acceptors (Lipinski definition) is 10. The zero-order chi connectivity index (χ0) is 43.0. The molecule has 330 valence electrons. The number of nitrogens with zero attached hydrogens (tertiary/aromatic N) is 6. The number of imide groups is 1. The summed E-state index contributed by atoms with van der Waals surface area (Å²) in [4.78, 5) is 59.7. The van der Waals surface area contributed by atoms with E-state index in [-0.39, 0.29) is 30.2 Å². The number of para-hydroxylation sites is 1. The number of likely N-dealkylation sites (tertiary alicyclic amines) is 2. The van der Waals surface area contributed by atoms with E-state index in [1.54, 1.807) is 4.90 Å². The molecule has 7 heterocycles. The van der Waals surface area contributed by atoms with Gasteiger partial charge in [0.2, 0.25) is 11.8 Å². The topological polar surface area (TPSA) is 158 Å². The molecular weight excluding hydrogens is 795 g/mol. The average molecular weight is 854 g/mol. The smallest absolute Gasteiger partial charge is 0.255 e.